The van der Waals surface area contributed by atoms with Gasteiger partial charge in [0.2, 0.25) is 0 Å². The van der Waals surface area contributed by atoms with E-state index in [4.69, 9.17) is 0 Å². The first-order chi connectivity index (χ1) is 10.5. The number of nitrogens with one attached hydrogen (secondary N) is 1. The molecule has 2 unspecified atom stereocenters. The monoisotopic (exact) mass is 318 g/mol. The van der Waals surface area contributed by atoms with Crippen LogP contribution in [0.1, 0.15) is 40.5 Å². The summed E-state index contributed by atoms with van der Waals surface area (Å²) in [6.07, 6.45) is 2.73. The first-order valence-electron chi connectivity index (χ1n) is 7.49. The van der Waals surface area contributed by atoms with Crippen LogP contribution in [0.4, 0.5) is 0 Å². The van der Waals surface area contributed by atoms with Crippen molar-refractivity contribution in [2.24, 2.45) is 5.92 Å². The summed E-state index contributed by atoms with van der Waals surface area (Å²) in [5, 5.41) is 13.2. The van der Waals surface area contributed by atoms with Crippen molar-refractivity contribution in [2.45, 2.75) is 32.8 Å². The minimum absolute atomic E-state index is 0.0887. The molecule has 1 aromatic carbocycles. The third-order valence-electron chi connectivity index (χ3n) is 3.33. The van der Waals surface area contributed by atoms with Crippen LogP contribution in [0.3, 0.4) is 0 Å². The fourth-order valence-corrected chi connectivity index (χ4v) is 3.16. The maximum Gasteiger partial charge on any atom is 0.263 e. The summed E-state index contributed by atoms with van der Waals surface area (Å²) in [7, 11) is 0. The number of aliphatic hydroxyl groups is 1. The average molecular weight is 318 g/mol. The third kappa shape index (κ3) is 5.24. The second-order valence-electron chi connectivity index (χ2n) is 5.68. The molecule has 0 fully saturated rings. The topological polar surface area (TPSA) is 62.2 Å². The summed E-state index contributed by atoms with van der Waals surface area (Å²) in [5.74, 6) is 0.162. The molecule has 0 aliphatic rings. The van der Waals surface area contributed by atoms with Crippen molar-refractivity contribution in [2.75, 3.05) is 6.54 Å². The van der Waals surface area contributed by atoms with E-state index in [0.717, 1.165) is 11.4 Å². The number of aliphatic hydroxyl groups excluding tert-OH is 1. The number of carbonyl (C=O) groups is 1. The number of benzene rings is 1. The number of aromatic nitrogens is 1. The minimum Gasteiger partial charge on any atom is -0.393 e. The Morgan fingerprint density at radius 2 is 2.05 bits per heavy atom. The lowest BCUT2D eigenvalue weighted by molar-refractivity contribution is 0.0943. The van der Waals surface area contributed by atoms with Crippen molar-refractivity contribution in [3.8, 4) is 0 Å². The zero-order chi connectivity index (χ0) is 15.9. The molecule has 0 saturated carbocycles. The maximum absolute atomic E-state index is 12.1. The molecule has 2 aromatic rings. The number of carbonyl (C=O) groups excluding carboxylic acids is 1. The van der Waals surface area contributed by atoms with Gasteiger partial charge in [0, 0.05) is 13.0 Å². The second kappa shape index (κ2) is 8.06. The van der Waals surface area contributed by atoms with Gasteiger partial charge >= 0.3 is 0 Å². The lowest BCUT2D eigenvalue weighted by Gasteiger charge is -2.13. The highest BCUT2D eigenvalue weighted by atomic mass is 32.1. The van der Waals surface area contributed by atoms with E-state index in [0.29, 0.717) is 17.8 Å². The molecule has 2 N–H and O–H groups in total. The standard InChI is InChI=1S/C17H22N2O2S/c1-12(8-13(2)20)10-19-17(21)15-11-18-16(22-15)9-14-6-4-3-5-7-14/h3-7,11-13,20H,8-10H2,1-2H3,(H,19,21). The smallest absolute Gasteiger partial charge is 0.263 e. The number of nitrogens with zero attached hydrogens (tertiary/aromatic N) is 1. The fraction of sp³-hybridized carbons (Fsp3) is 0.412. The van der Waals surface area contributed by atoms with Gasteiger partial charge in [-0.2, -0.15) is 0 Å². The number of amides is 1. The van der Waals surface area contributed by atoms with E-state index < -0.39 is 0 Å². The largest absolute Gasteiger partial charge is 0.393 e. The van der Waals surface area contributed by atoms with Gasteiger partial charge in [0.1, 0.15) is 4.88 Å². The van der Waals surface area contributed by atoms with E-state index in [-0.39, 0.29) is 17.9 Å². The molecule has 0 aliphatic heterocycles. The molecule has 2 atom stereocenters. The summed E-state index contributed by atoms with van der Waals surface area (Å²) >= 11 is 1.43. The summed E-state index contributed by atoms with van der Waals surface area (Å²) in [4.78, 5) is 17.1. The first-order valence-corrected chi connectivity index (χ1v) is 8.31. The molecule has 118 valence electrons. The van der Waals surface area contributed by atoms with E-state index in [1.807, 2.05) is 25.1 Å². The highest BCUT2D eigenvalue weighted by Crippen LogP contribution is 2.17. The van der Waals surface area contributed by atoms with Crippen molar-refractivity contribution in [1.82, 2.24) is 10.3 Å². The molecule has 22 heavy (non-hydrogen) atoms. The summed E-state index contributed by atoms with van der Waals surface area (Å²) < 4.78 is 0. The van der Waals surface area contributed by atoms with E-state index in [2.05, 4.69) is 22.4 Å². The Labute approximate surface area is 135 Å². The summed E-state index contributed by atoms with van der Waals surface area (Å²) in [6, 6.07) is 10.1. The van der Waals surface area contributed by atoms with Gasteiger partial charge in [-0.1, -0.05) is 37.3 Å². The molecule has 1 heterocycles. The predicted octanol–water partition coefficient (Wildman–Crippen LogP) is 2.87. The van der Waals surface area contributed by atoms with Crippen LogP contribution in [0.25, 0.3) is 0 Å². The van der Waals surface area contributed by atoms with E-state index >= 15 is 0 Å². The van der Waals surface area contributed by atoms with Gasteiger partial charge < -0.3 is 10.4 Å². The van der Waals surface area contributed by atoms with E-state index in [1.165, 1.54) is 16.9 Å². The maximum atomic E-state index is 12.1. The predicted molar refractivity (Wildman–Crippen MR) is 89.2 cm³/mol. The molecular formula is C17H22N2O2S. The third-order valence-corrected chi connectivity index (χ3v) is 4.33. The van der Waals surface area contributed by atoms with Gasteiger partial charge in [0.25, 0.3) is 5.91 Å². The van der Waals surface area contributed by atoms with E-state index in [1.54, 1.807) is 13.1 Å². The normalized spacial score (nSPS) is 13.6. The van der Waals surface area contributed by atoms with Crippen LogP contribution >= 0.6 is 11.3 Å². The molecule has 2 rings (SSSR count). The highest BCUT2D eigenvalue weighted by Gasteiger charge is 2.13. The van der Waals surface area contributed by atoms with Crippen molar-refractivity contribution in [3.05, 3.63) is 52.0 Å². The zero-order valence-corrected chi connectivity index (χ0v) is 13.8. The molecule has 1 amide bonds. The van der Waals surface area contributed by atoms with Crippen LogP contribution in [0.5, 0.6) is 0 Å². The van der Waals surface area contributed by atoms with Crippen LogP contribution in [0, 0.1) is 5.92 Å². The van der Waals surface area contributed by atoms with Crippen LogP contribution in [0.15, 0.2) is 36.5 Å². The zero-order valence-electron chi connectivity index (χ0n) is 13.0. The molecule has 0 aliphatic carbocycles. The number of hydrogen-bond donors (Lipinski definition) is 2. The Morgan fingerprint density at radius 1 is 1.32 bits per heavy atom. The number of rotatable bonds is 7. The van der Waals surface area contributed by atoms with Gasteiger partial charge in [-0.3, -0.25) is 4.79 Å². The minimum atomic E-state index is -0.340. The fourth-order valence-electron chi connectivity index (χ4n) is 2.29. The Kier molecular flexibility index (Phi) is 6.10. The Morgan fingerprint density at radius 3 is 2.73 bits per heavy atom. The van der Waals surface area contributed by atoms with Crippen LogP contribution in [-0.4, -0.2) is 28.6 Å². The van der Waals surface area contributed by atoms with Crippen molar-refractivity contribution in [3.63, 3.8) is 0 Å². The summed E-state index contributed by atoms with van der Waals surface area (Å²) in [5.41, 5.74) is 1.19. The lowest BCUT2D eigenvalue weighted by Crippen LogP contribution is -2.28. The SMILES string of the molecule is CC(O)CC(C)CNC(=O)c1cnc(Cc2ccccc2)s1. The average Bonchev–Trinajstić information content (AvgIpc) is 2.94. The molecule has 0 spiro atoms. The number of thiazole rings is 1. The Balaban J connectivity index is 1.86. The molecule has 5 heteroatoms. The molecule has 0 radical (unpaired) electrons. The Bertz CT molecular complexity index is 596. The molecule has 1 aromatic heterocycles. The van der Waals surface area contributed by atoms with Gasteiger partial charge in [0.15, 0.2) is 0 Å². The van der Waals surface area contributed by atoms with E-state index in [9.17, 15) is 9.90 Å². The second-order valence-corrected chi connectivity index (χ2v) is 6.80. The van der Waals surface area contributed by atoms with Crippen LogP contribution < -0.4 is 5.32 Å². The van der Waals surface area contributed by atoms with Gasteiger partial charge in [0.05, 0.1) is 17.3 Å². The molecule has 0 bridgehead atoms. The van der Waals surface area contributed by atoms with Crippen LogP contribution in [0.2, 0.25) is 0 Å². The van der Waals surface area contributed by atoms with Crippen molar-refractivity contribution >= 4 is 17.2 Å². The van der Waals surface area contributed by atoms with Crippen LogP contribution in [-0.2, 0) is 6.42 Å². The Hall–Kier alpha value is -1.72. The van der Waals surface area contributed by atoms with Gasteiger partial charge in [-0.05, 0) is 24.8 Å². The van der Waals surface area contributed by atoms with Crippen molar-refractivity contribution in [1.29, 1.82) is 0 Å². The molecular weight excluding hydrogens is 296 g/mol. The van der Waals surface area contributed by atoms with Gasteiger partial charge in [-0.15, -0.1) is 11.3 Å². The first kappa shape index (κ1) is 16.6. The molecule has 4 nitrogen and oxygen atoms in total. The highest BCUT2D eigenvalue weighted by molar-refractivity contribution is 7.13. The molecule has 0 saturated heterocycles. The quantitative estimate of drug-likeness (QED) is 0.825. The number of hydrogen-bond acceptors (Lipinski definition) is 4. The summed E-state index contributed by atoms with van der Waals surface area (Å²) in [6.45, 7) is 4.34. The van der Waals surface area contributed by atoms with Crippen molar-refractivity contribution < 1.29 is 9.90 Å². The van der Waals surface area contributed by atoms with Gasteiger partial charge in [-0.25, -0.2) is 4.98 Å². The lowest BCUT2D eigenvalue weighted by atomic mass is 10.0.